The number of aromatic carboxylic acids is 1. The Labute approximate surface area is 136 Å². The third-order valence-electron chi connectivity index (χ3n) is 2.99. The van der Waals surface area contributed by atoms with E-state index in [9.17, 15) is 14.4 Å². The lowest BCUT2D eigenvalue weighted by atomic mass is 9.99. The molecule has 1 aromatic rings. The van der Waals surface area contributed by atoms with E-state index in [4.69, 9.17) is 10.2 Å². The van der Waals surface area contributed by atoms with Gasteiger partial charge >= 0.3 is 17.9 Å². The minimum atomic E-state index is -1.11. The smallest absolute Gasteiger partial charge is 0.339 e. The molecular formula is C17H24O6. The van der Waals surface area contributed by atoms with Gasteiger partial charge in [-0.1, -0.05) is 38.8 Å². The molecule has 0 aromatic heterocycles. The molecule has 0 aliphatic rings. The lowest BCUT2D eigenvalue weighted by molar-refractivity contribution is -0.142. The highest BCUT2D eigenvalue weighted by Crippen LogP contribution is 2.17. The average molecular weight is 324 g/mol. The van der Waals surface area contributed by atoms with Crippen molar-refractivity contribution < 1.29 is 29.3 Å². The van der Waals surface area contributed by atoms with Gasteiger partial charge in [0.2, 0.25) is 0 Å². The van der Waals surface area contributed by atoms with Crippen molar-refractivity contribution in [3.8, 4) is 5.75 Å². The van der Waals surface area contributed by atoms with E-state index in [1.807, 2.05) is 13.8 Å². The monoisotopic (exact) mass is 324 g/mol. The number of esters is 1. The maximum atomic E-state index is 10.6. The molecule has 0 aliphatic heterocycles. The molecule has 0 fully saturated rings. The Morgan fingerprint density at radius 2 is 1.57 bits per heavy atom. The van der Waals surface area contributed by atoms with E-state index >= 15 is 0 Å². The summed E-state index contributed by atoms with van der Waals surface area (Å²) >= 11 is 0. The Balaban J connectivity index is 0.000000438. The molecular weight excluding hydrogens is 300 g/mol. The highest BCUT2D eigenvalue weighted by atomic mass is 16.5. The number of benzene rings is 1. The summed E-state index contributed by atoms with van der Waals surface area (Å²) in [5.41, 5.74) is -0.0160. The van der Waals surface area contributed by atoms with Crippen molar-refractivity contribution in [3.63, 3.8) is 0 Å². The van der Waals surface area contributed by atoms with Crippen LogP contribution in [0.2, 0.25) is 0 Å². The van der Waals surface area contributed by atoms with Crippen molar-refractivity contribution in [1.29, 1.82) is 0 Å². The van der Waals surface area contributed by atoms with Crippen LogP contribution in [0, 0.1) is 5.92 Å². The molecule has 0 radical (unpaired) electrons. The van der Waals surface area contributed by atoms with Crippen LogP contribution in [0.15, 0.2) is 24.3 Å². The molecule has 0 saturated carbocycles. The first-order chi connectivity index (χ1) is 10.8. The standard InChI is InChI=1S/C9H8O4.C8H16O2/c1-6(10)13-8-5-3-2-4-7(8)9(11)12;1-3-5-7(6-4-2)8(9)10/h2-5H,1H3,(H,11,12);7H,3-6H2,1-2H3,(H,9,10). The summed E-state index contributed by atoms with van der Waals surface area (Å²) < 4.78 is 4.69. The van der Waals surface area contributed by atoms with Crippen molar-refractivity contribution in [2.75, 3.05) is 0 Å². The summed E-state index contributed by atoms with van der Waals surface area (Å²) in [4.78, 5) is 31.7. The maximum Gasteiger partial charge on any atom is 0.339 e. The summed E-state index contributed by atoms with van der Waals surface area (Å²) in [6.45, 7) is 5.26. The van der Waals surface area contributed by atoms with Gasteiger partial charge in [0.1, 0.15) is 11.3 Å². The fraction of sp³-hybridized carbons (Fsp3) is 0.471. The zero-order valence-corrected chi connectivity index (χ0v) is 13.7. The van der Waals surface area contributed by atoms with Gasteiger partial charge in [0.25, 0.3) is 0 Å². The topological polar surface area (TPSA) is 101 Å². The van der Waals surface area contributed by atoms with E-state index in [0.717, 1.165) is 25.7 Å². The van der Waals surface area contributed by atoms with E-state index in [1.54, 1.807) is 12.1 Å². The SMILES string of the molecule is CC(=O)Oc1ccccc1C(=O)O.CCCC(CCC)C(=O)O. The van der Waals surface area contributed by atoms with E-state index in [1.165, 1.54) is 19.1 Å². The van der Waals surface area contributed by atoms with Crippen molar-refractivity contribution in [1.82, 2.24) is 0 Å². The second kappa shape index (κ2) is 11.2. The fourth-order valence-corrected chi connectivity index (χ4v) is 1.98. The average Bonchev–Trinajstić information content (AvgIpc) is 2.47. The summed E-state index contributed by atoms with van der Waals surface area (Å²) in [6, 6.07) is 5.98. The maximum absolute atomic E-state index is 10.6. The highest BCUT2D eigenvalue weighted by Gasteiger charge is 2.14. The largest absolute Gasteiger partial charge is 0.481 e. The predicted molar refractivity (Wildman–Crippen MR) is 85.7 cm³/mol. The lowest BCUT2D eigenvalue weighted by Gasteiger charge is -2.07. The van der Waals surface area contributed by atoms with Gasteiger partial charge in [-0.2, -0.15) is 0 Å². The van der Waals surface area contributed by atoms with Gasteiger partial charge in [-0.3, -0.25) is 9.59 Å². The van der Waals surface area contributed by atoms with Crippen molar-refractivity contribution in [2.45, 2.75) is 46.5 Å². The van der Waals surface area contributed by atoms with Crippen LogP contribution in [-0.2, 0) is 9.59 Å². The quantitative estimate of drug-likeness (QED) is 0.587. The molecule has 0 atom stereocenters. The minimum absolute atomic E-state index is 0.0160. The van der Waals surface area contributed by atoms with Crippen LogP contribution < -0.4 is 4.74 Å². The molecule has 1 aromatic carbocycles. The highest BCUT2D eigenvalue weighted by molar-refractivity contribution is 5.91. The van der Waals surface area contributed by atoms with Crippen LogP contribution in [0.4, 0.5) is 0 Å². The molecule has 1 rings (SSSR count). The van der Waals surface area contributed by atoms with Gasteiger partial charge in [0.15, 0.2) is 0 Å². The fourth-order valence-electron chi connectivity index (χ4n) is 1.98. The van der Waals surface area contributed by atoms with Crippen molar-refractivity contribution in [3.05, 3.63) is 29.8 Å². The predicted octanol–water partition coefficient (Wildman–Crippen LogP) is 3.60. The molecule has 23 heavy (non-hydrogen) atoms. The normalized spacial score (nSPS) is 9.74. The van der Waals surface area contributed by atoms with Crippen LogP contribution in [0.5, 0.6) is 5.75 Å². The Bertz CT molecular complexity index is 518. The van der Waals surface area contributed by atoms with Gasteiger partial charge in [0.05, 0.1) is 5.92 Å². The van der Waals surface area contributed by atoms with Crippen LogP contribution >= 0.6 is 0 Å². The molecule has 6 nitrogen and oxygen atoms in total. The third-order valence-corrected chi connectivity index (χ3v) is 2.99. The number of ether oxygens (including phenoxy) is 1. The minimum Gasteiger partial charge on any atom is -0.481 e. The van der Waals surface area contributed by atoms with E-state index in [-0.39, 0.29) is 17.2 Å². The van der Waals surface area contributed by atoms with Crippen molar-refractivity contribution >= 4 is 17.9 Å². The Morgan fingerprint density at radius 3 is 1.96 bits per heavy atom. The zero-order chi connectivity index (χ0) is 17.8. The number of carbonyl (C=O) groups is 3. The molecule has 6 heteroatoms. The zero-order valence-electron chi connectivity index (χ0n) is 13.7. The first-order valence-corrected chi connectivity index (χ1v) is 7.56. The number of carbonyl (C=O) groups excluding carboxylic acids is 1. The van der Waals surface area contributed by atoms with E-state index in [0.29, 0.717) is 0 Å². The molecule has 0 unspecified atom stereocenters. The second-order valence-corrected chi connectivity index (χ2v) is 5.01. The van der Waals surface area contributed by atoms with Gasteiger partial charge in [-0.25, -0.2) is 4.79 Å². The Kier molecular flexibility index (Phi) is 10.1. The Hall–Kier alpha value is -2.37. The Morgan fingerprint density at radius 1 is 1.04 bits per heavy atom. The van der Waals surface area contributed by atoms with Gasteiger partial charge in [-0.05, 0) is 25.0 Å². The number of rotatable bonds is 7. The van der Waals surface area contributed by atoms with E-state index in [2.05, 4.69) is 4.74 Å². The second-order valence-electron chi connectivity index (χ2n) is 5.01. The first-order valence-electron chi connectivity index (χ1n) is 7.56. The van der Waals surface area contributed by atoms with Crippen LogP contribution in [0.25, 0.3) is 0 Å². The summed E-state index contributed by atoms with van der Waals surface area (Å²) in [6.07, 6.45) is 3.58. The summed E-state index contributed by atoms with van der Waals surface area (Å²) in [7, 11) is 0. The van der Waals surface area contributed by atoms with Crippen LogP contribution in [-0.4, -0.2) is 28.1 Å². The molecule has 2 N–H and O–H groups in total. The summed E-state index contributed by atoms with van der Waals surface area (Å²) in [5, 5.41) is 17.3. The summed E-state index contributed by atoms with van der Waals surface area (Å²) in [5.74, 6) is -2.31. The number of carboxylic acids is 2. The number of carboxylic acid groups (broad SMARTS) is 2. The van der Waals surface area contributed by atoms with Gasteiger partial charge < -0.3 is 14.9 Å². The number of hydrogen-bond acceptors (Lipinski definition) is 4. The van der Waals surface area contributed by atoms with Crippen molar-refractivity contribution in [2.24, 2.45) is 5.92 Å². The number of para-hydroxylation sites is 1. The van der Waals surface area contributed by atoms with Gasteiger partial charge in [-0.15, -0.1) is 0 Å². The van der Waals surface area contributed by atoms with E-state index < -0.39 is 17.9 Å². The molecule has 0 heterocycles. The van der Waals surface area contributed by atoms with Gasteiger partial charge in [0, 0.05) is 6.92 Å². The third kappa shape index (κ3) is 8.60. The first kappa shape index (κ1) is 20.6. The lowest BCUT2D eigenvalue weighted by Crippen LogP contribution is -2.12. The number of hydrogen-bond donors (Lipinski definition) is 2. The van der Waals surface area contributed by atoms with Crippen LogP contribution in [0.1, 0.15) is 56.8 Å². The molecule has 0 saturated heterocycles. The molecule has 0 spiro atoms. The molecule has 0 amide bonds. The molecule has 0 aliphatic carbocycles. The molecule has 0 bridgehead atoms. The van der Waals surface area contributed by atoms with Crippen LogP contribution in [0.3, 0.4) is 0 Å². The number of aliphatic carboxylic acids is 1. The molecule has 128 valence electrons.